The third kappa shape index (κ3) is 2.71. The van der Waals surface area contributed by atoms with Crippen LogP contribution in [-0.4, -0.2) is 34.4 Å². The summed E-state index contributed by atoms with van der Waals surface area (Å²) >= 11 is 5.08. The summed E-state index contributed by atoms with van der Waals surface area (Å²) in [5, 5.41) is 6.74. The minimum absolute atomic E-state index is 0.0679. The van der Waals surface area contributed by atoms with E-state index in [4.69, 9.17) is 17.0 Å². The number of halogens is 2. The Morgan fingerprint density at radius 2 is 2.41 bits per heavy atom. The quantitative estimate of drug-likeness (QED) is 0.849. The fourth-order valence-corrected chi connectivity index (χ4v) is 2.44. The van der Waals surface area contributed by atoms with Crippen LogP contribution in [-0.2, 0) is 11.3 Å². The van der Waals surface area contributed by atoms with Crippen molar-refractivity contribution in [1.29, 1.82) is 0 Å². The van der Waals surface area contributed by atoms with Gasteiger partial charge < -0.3 is 9.30 Å². The molecule has 1 aliphatic carbocycles. The van der Waals surface area contributed by atoms with E-state index in [1.54, 1.807) is 11.7 Å². The number of hydrogen-bond donors (Lipinski definition) is 1. The van der Waals surface area contributed by atoms with Gasteiger partial charge in [-0.25, -0.2) is 8.78 Å². The molecule has 0 aliphatic heterocycles. The van der Waals surface area contributed by atoms with Crippen LogP contribution in [0.15, 0.2) is 0 Å². The number of hydrogen-bond acceptors (Lipinski definition) is 3. The molecule has 1 aromatic rings. The van der Waals surface area contributed by atoms with Crippen LogP contribution in [0.25, 0.3) is 0 Å². The molecule has 4 nitrogen and oxygen atoms in total. The van der Waals surface area contributed by atoms with Gasteiger partial charge in [0.25, 0.3) is 0 Å². The van der Waals surface area contributed by atoms with Crippen LogP contribution >= 0.6 is 12.2 Å². The molecule has 1 atom stereocenters. The summed E-state index contributed by atoms with van der Waals surface area (Å²) in [6.07, 6.45) is 0.251. The van der Waals surface area contributed by atoms with Crippen molar-refractivity contribution in [3.05, 3.63) is 10.6 Å². The number of aromatic nitrogens is 3. The van der Waals surface area contributed by atoms with Gasteiger partial charge in [-0.05, 0) is 18.6 Å². The predicted octanol–water partition coefficient (Wildman–Crippen LogP) is 2.49. The van der Waals surface area contributed by atoms with Gasteiger partial charge in [-0.3, -0.25) is 5.10 Å². The van der Waals surface area contributed by atoms with E-state index in [-0.39, 0.29) is 18.8 Å². The maximum atomic E-state index is 13.2. The van der Waals surface area contributed by atoms with E-state index in [1.165, 1.54) is 0 Å². The molecule has 1 unspecified atom stereocenters. The highest BCUT2D eigenvalue weighted by atomic mass is 32.1. The Bertz CT molecular complexity index is 443. The average Bonchev–Trinajstić information content (AvgIpc) is 2.79. The summed E-state index contributed by atoms with van der Waals surface area (Å²) in [5.74, 6) is -2.15. The minimum Gasteiger partial charge on any atom is -0.383 e. The average molecular weight is 263 g/mol. The molecule has 0 aromatic carbocycles. The standard InChI is InChI=1S/C10H15F2N3OS/c1-16-5-4-15-8(13-14-9(15)17)7-2-3-10(11,12)6-7/h7H,2-6H2,1H3,(H,14,17). The summed E-state index contributed by atoms with van der Waals surface area (Å²) in [7, 11) is 1.59. The van der Waals surface area contributed by atoms with Gasteiger partial charge in [0, 0.05) is 32.4 Å². The topological polar surface area (TPSA) is 42.8 Å². The fraction of sp³-hybridized carbons (Fsp3) is 0.800. The summed E-state index contributed by atoms with van der Waals surface area (Å²) in [6.45, 7) is 1.03. The molecule has 1 N–H and O–H groups in total. The molecule has 0 saturated heterocycles. The maximum absolute atomic E-state index is 13.2. The predicted molar refractivity (Wildman–Crippen MR) is 60.8 cm³/mol. The molecule has 1 aromatic heterocycles. The Labute approximate surface area is 103 Å². The van der Waals surface area contributed by atoms with Crippen molar-refractivity contribution >= 4 is 12.2 Å². The molecule has 7 heteroatoms. The molecule has 0 amide bonds. The van der Waals surface area contributed by atoms with Crippen LogP contribution in [0, 0.1) is 4.77 Å². The molecule has 1 aliphatic rings. The SMILES string of the molecule is COCCn1c(C2CCC(F)(F)C2)n[nH]c1=S. The van der Waals surface area contributed by atoms with Gasteiger partial charge in [-0.2, -0.15) is 5.10 Å². The Hall–Kier alpha value is -0.820. The van der Waals surface area contributed by atoms with Gasteiger partial charge in [0.05, 0.1) is 6.61 Å². The van der Waals surface area contributed by atoms with Gasteiger partial charge in [0.1, 0.15) is 5.82 Å². The summed E-state index contributed by atoms with van der Waals surface area (Å²) in [4.78, 5) is 0. The molecule has 0 bridgehead atoms. The Morgan fingerprint density at radius 3 is 3.00 bits per heavy atom. The third-order valence-corrected chi connectivity index (χ3v) is 3.39. The van der Waals surface area contributed by atoms with E-state index in [0.717, 1.165) is 0 Å². The second-order valence-corrected chi connectivity index (χ2v) is 4.71. The Morgan fingerprint density at radius 1 is 1.65 bits per heavy atom. The lowest BCUT2D eigenvalue weighted by atomic mass is 10.1. The highest BCUT2D eigenvalue weighted by molar-refractivity contribution is 7.71. The van der Waals surface area contributed by atoms with Gasteiger partial charge in [-0.15, -0.1) is 0 Å². The zero-order valence-electron chi connectivity index (χ0n) is 9.58. The normalized spacial score (nSPS) is 23.1. The molecule has 0 spiro atoms. The lowest BCUT2D eigenvalue weighted by Gasteiger charge is -2.12. The van der Waals surface area contributed by atoms with Crippen molar-refractivity contribution in [2.45, 2.75) is 37.6 Å². The molecular formula is C10H15F2N3OS. The van der Waals surface area contributed by atoms with Crippen LogP contribution in [0.5, 0.6) is 0 Å². The largest absolute Gasteiger partial charge is 0.383 e. The number of aromatic amines is 1. The highest BCUT2D eigenvalue weighted by Gasteiger charge is 2.41. The molecule has 17 heavy (non-hydrogen) atoms. The van der Waals surface area contributed by atoms with E-state index in [0.29, 0.717) is 30.2 Å². The molecule has 2 rings (SSSR count). The lowest BCUT2D eigenvalue weighted by Crippen LogP contribution is -2.13. The van der Waals surface area contributed by atoms with Crippen LogP contribution in [0.2, 0.25) is 0 Å². The summed E-state index contributed by atoms with van der Waals surface area (Å²) in [5.41, 5.74) is 0. The van der Waals surface area contributed by atoms with Crippen LogP contribution in [0.4, 0.5) is 8.78 Å². The second kappa shape index (κ2) is 4.81. The van der Waals surface area contributed by atoms with Crippen LogP contribution in [0.3, 0.4) is 0 Å². The van der Waals surface area contributed by atoms with Crippen molar-refractivity contribution in [3.63, 3.8) is 0 Å². The van der Waals surface area contributed by atoms with Gasteiger partial charge in [0.2, 0.25) is 5.92 Å². The van der Waals surface area contributed by atoms with E-state index >= 15 is 0 Å². The first-order valence-electron chi connectivity index (χ1n) is 5.55. The van der Waals surface area contributed by atoms with E-state index in [9.17, 15) is 8.78 Å². The first-order valence-corrected chi connectivity index (χ1v) is 5.96. The summed E-state index contributed by atoms with van der Waals surface area (Å²) in [6, 6.07) is 0. The van der Waals surface area contributed by atoms with Gasteiger partial charge in [0.15, 0.2) is 4.77 Å². The Kier molecular flexibility index (Phi) is 3.58. The summed E-state index contributed by atoms with van der Waals surface area (Å²) < 4.78 is 33.5. The minimum atomic E-state index is -2.57. The van der Waals surface area contributed by atoms with E-state index in [1.807, 2.05) is 0 Å². The van der Waals surface area contributed by atoms with Crippen LogP contribution in [0.1, 0.15) is 31.0 Å². The number of alkyl halides is 2. The highest BCUT2D eigenvalue weighted by Crippen LogP contribution is 2.43. The number of rotatable bonds is 4. The number of nitrogens with zero attached hydrogens (tertiary/aromatic N) is 2. The zero-order valence-corrected chi connectivity index (χ0v) is 10.4. The van der Waals surface area contributed by atoms with Crippen molar-refractivity contribution in [3.8, 4) is 0 Å². The van der Waals surface area contributed by atoms with Crippen molar-refractivity contribution in [2.75, 3.05) is 13.7 Å². The molecule has 96 valence electrons. The first kappa shape index (κ1) is 12.6. The Balaban J connectivity index is 2.18. The van der Waals surface area contributed by atoms with Gasteiger partial charge >= 0.3 is 0 Å². The number of H-pyrrole nitrogens is 1. The third-order valence-electron chi connectivity index (χ3n) is 3.08. The first-order chi connectivity index (χ1) is 8.03. The smallest absolute Gasteiger partial charge is 0.248 e. The number of ether oxygens (including phenoxy) is 1. The molecule has 1 saturated carbocycles. The zero-order chi connectivity index (χ0) is 12.5. The monoisotopic (exact) mass is 263 g/mol. The lowest BCUT2D eigenvalue weighted by molar-refractivity contribution is 0.00742. The molecule has 0 radical (unpaired) electrons. The van der Waals surface area contributed by atoms with Gasteiger partial charge in [-0.1, -0.05) is 0 Å². The van der Waals surface area contributed by atoms with Crippen molar-refractivity contribution in [2.24, 2.45) is 0 Å². The second-order valence-electron chi connectivity index (χ2n) is 4.33. The fourth-order valence-electron chi connectivity index (χ4n) is 2.21. The van der Waals surface area contributed by atoms with E-state index in [2.05, 4.69) is 10.2 Å². The molecule has 1 heterocycles. The number of nitrogens with one attached hydrogen (secondary N) is 1. The molecule has 1 fully saturated rings. The maximum Gasteiger partial charge on any atom is 0.248 e. The van der Waals surface area contributed by atoms with Crippen LogP contribution < -0.4 is 0 Å². The molecular weight excluding hydrogens is 248 g/mol. The van der Waals surface area contributed by atoms with E-state index < -0.39 is 5.92 Å². The van der Waals surface area contributed by atoms with Crippen molar-refractivity contribution < 1.29 is 13.5 Å². The van der Waals surface area contributed by atoms with Crippen molar-refractivity contribution in [1.82, 2.24) is 14.8 Å². The number of methoxy groups -OCH3 is 1.